The lowest BCUT2D eigenvalue weighted by Crippen LogP contribution is -1.99. The van der Waals surface area contributed by atoms with Gasteiger partial charge in [-0.3, -0.25) is 4.99 Å². The predicted octanol–water partition coefficient (Wildman–Crippen LogP) is 6.44. The van der Waals surface area contributed by atoms with Gasteiger partial charge in [0.25, 0.3) is 0 Å². The van der Waals surface area contributed by atoms with E-state index in [4.69, 9.17) is 4.42 Å². The van der Waals surface area contributed by atoms with E-state index in [1.165, 1.54) is 9.13 Å². The van der Waals surface area contributed by atoms with Crippen LogP contribution in [0.3, 0.4) is 0 Å². The zero-order valence-electron chi connectivity index (χ0n) is 13.8. The highest BCUT2D eigenvalue weighted by molar-refractivity contribution is 14.1. The maximum absolute atomic E-state index is 10.6. The fraction of sp³-hybridized carbons (Fsp3) is 0.250. The molecule has 0 amide bonds. The average Bonchev–Trinajstić information content (AvgIpc) is 2.94. The van der Waals surface area contributed by atoms with Gasteiger partial charge in [0.05, 0.1) is 10.2 Å². The molecule has 0 fully saturated rings. The molecule has 4 rings (SSSR count). The smallest absolute Gasteiger partial charge is 0.139 e. The summed E-state index contributed by atoms with van der Waals surface area (Å²) in [5.74, 6) is 1.27. The van der Waals surface area contributed by atoms with Gasteiger partial charge in [0.15, 0.2) is 0 Å². The summed E-state index contributed by atoms with van der Waals surface area (Å²) >= 11 is 5.73. The van der Waals surface area contributed by atoms with E-state index in [0.717, 1.165) is 59.2 Å². The Morgan fingerprint density at radius 3 is 2.84 bits per heavy atom. The Hall–Kier alpha value is -1.34. The Bertz CT molecular complexity index is 1010. The first-order valence-electron chi connectivity index (χ1n) is 8.30. The minimum Gasteiger partial charge on any atom is -0.506 e. The predicted molar refractivity (Wildman–Crippen MR) is 113 cm³/mol. The molecule has 3 aromatic rings. The third-order valence-corrected chi connectivity index (χ3v) is 5.97. The van der Waals surface area contributed by atoms with Crippen LogP contribution in [-0.2, 0) is 12.8 Å². The summed E-state index contributed by atoms with van der Waals surface area (Å²) in [6.45, 7) is 2.05. The molecule has 1 heterocycles. The second kappa shape index (κ2) is 6.76. The summed E-state index contributed by atoms with van der Waals surface area (Å²) in [6.07, 6.45) is 6.04. The molecule has 1 N–H and O–H groups in total. The number of phenolic OH excluding ortho intramolecular Hbond substituents is 1. The zero-order chi connectivity index (χ0) is 17.6. The first-order chi connectivity index (χ1) is 12.0. The molecule has 0 unspecified atom stereocenters. The van der Waals surface area contributed by atoms with Crippen LogP contribution in [0.1, 0.15) is 35.3 Å². The van der Waals surface area contributed by atoms with Crippen molar-refractivity contribution >= 4 is 61.4 Å². The topological polar surface area (TPSA) is 45.7 Å². The van der Waals surface area contributed by atoms with Crippen LogP contribution in [0.15, 0.2) is 38.1 Å². The number of rotatable bonds is 2. The molecule has 128 valence electrons. The quantitative estimate of drug-likeness (QED) is 0.319. The lowest BCUT2D eigenvalue weighted by atomic mass is 9.94. The van der Waals surface area contributed by atoms with E-state index >= 15 is 0 Å². The third-order valence-electron chi connectivity index (χ3n) is 4.70. The normalized spacial score (nSPS) is 14.4. The average molecular weight is 510 g/mol. The number of phenols is 1. The van der Waals surface area contributed by atoms with E-state index in [2.05, 4.69) is 49.6 Å². The molecule has 0 bridgehead atoms. The van der Waals surface area contributed by atoms with E-state index in [9.17, 15) is 5.11 Å². The number of halogens is 2. The summed E-state index contributed by atoms with van der Waals surface area (Å²) < 4.78 is 7.87. The van der Waals surface area contributed by atoms with Gasteiger partial charge < -0.3 is 9.52 Å². The van der Waals surface area contributed by atoms with Crippen molar-refractivity contribution in [3.8, 4) is 5.75 Å². The standard InChI is InChI=1S/C20H17BrINO2/c1-11-8-12(22)6-7-16(11)23-10-14-19-13-4-2-3-5-17(13)25-18(19)9-15(21)20(14)24/h6-10,24H,2-5H2,1H3. The maximum atomic E-state index is 10.6. The van der Waals surface area contributed by atoms with Gasteiger partial charge in [0, 0.05) is 32.7 Å². The van der Waals surface area contributed by atoms with E-state index in [-0.39, 0.29) is 5.75 Å². The highest BCUT2D eigenvalue weighted by atomic mass is 127. The number of aromatic hydroxyl groups is 1. The summed E-state index contributed by atoms with van der Waals surface area (Å²) in [5.41, 5.74) is 4.80. The van der Waals surface area contributed by atoms with Crippen LogP contribution >= 0.6 is 38.5 Å². The molecule has 0 radical (unpaired) electrons. The van der Waals surface area contributed by atoms with Crippen molar-refractivity contribution < 1.29 is 9.52 Å². The summed E-state index contributed by atoms with van der Waals surface area (Å²) in [7, 11) is 0. The minimum atomic E-state index is 0.216. The number of nitrogens with zero attached hydrogens (tertiary/aromatic N) is 1. The Morgan fingerprint density at radius 2 is 2.04 bits per heavy atom. The number of hydrogen-bond donors (Lipinski definition) is 1. The SMILES string of the molecule is Cc1cc(I)ccc1N=Cc1c(O)c(Br)cc2oc3c(c12)CCCC3. The van der Waals surface area contributed by atoms with Crippen molar-refractivity contribution in [1.29, 1.82) is 0 Å². The highest BCUT2D eigenvalue weighted by Crippen LogP contribution is 2.40. The van der Waals surface area contributed by atoms with Crippen LogP contribution in [0.25, 0.3) is 11.0 Å². The lowest BCUT2D eigenvalue weighted by molar-refractivity contribution is 0.471. The fourth-order valence-electron chi connectivity index (χ4n) is 3.44. The van der Waals surface area contributed by atoms with Gasteiger partial charge in [-0.25, -0.2) is 0 Å². The van der Waals surface area contributed by atoms with Gasteiger partial charge in [-0.1, -0.05) is 0 Å². The van der Waals surface area contributed by atoms with Crippen LogP contribution in [0.4, 0.5) is 5.69 Å². The van der Waals surface area contributed by atoms with E-state index < -0.39 is 0 Å². The number of aryl methyl sites for hydroxylation is 3. The van der Waals surface area contributed by atoms with Crippen molar-refractivity contribution in [2.24, 2.45) is 4.99 Å². The van der Waals surface area contributed by atoms with Gasteiger partial charge in [0.2, 0.25) is 0 Å². The van der Waals surface area contributed by atoms with Crippen molar-refractivity contribution in [3.05, 3.63) is 54.8 Å². The van der Waals surface area contributed by atoms with E-state index in [0.29, 0.717) is 4.47 Å². The molecule has 5 heteroatoms. The molecule has 1 aromatic heterocycles. The monoisotopic (exact) mass is 509 g/mol. The highest BCUT2D eigenvalue weighted by Gasteiger charge is 2.22. The molecular weight excluding hydrogens is 493 g/mol. The fourth-order valence-corrected chi connectivity index (χ4v) is 4.51. The molecule has 2 aromatic carbocycles. The second-order valence-electron chi connectivity index (χ2n) is 6.39. The van der Waals surface area contributed by atoms with Gasteiger partial charge >= 0.3 is 0 Å². The molecule has 0 aliphatic heterocycles. The molecule has 3 nitrogen and oxygen atoms in total. The third kappa shape index (κ3) is 3.12. The number of fused-ring (bicyclic) bond motifs is 3. The minimum absolute atomic E-state index is 0.216. The molecule has 0 saturated carbocycles. The van der Waals surface area contributed by atoms with Crippen molar-refractivity contribution in [3.63, 3.8) is 0 Å². The zero-order valence-corrected chi connectivity index (χ0v) is 17.5. The molecular formula is C20H17BrINO2. The Kier molecular flexibility index (Phi) is 4.62. The van der Waals surface area contributed by atoms with Gasteiger partial charge in [-0.15, -0.1) is 0 Å². The molecule has 0 saturated heterocycles. The molecule has 1 aliphatic carbocycles. The molecule has 1 aliphatic rings. The summed E-state index contributed by atoms with van der Waals surface area (Å²) in [5, 5.41) is 11.6. The first kappa shape index (κ1) is 17.1. The van der Waals surface area contributed by atoms with Crippen LogP contribution in [0, 0.1) is 10.5 Å². The van der Waals surface area contributed by atoms with E-state index in [1.54, 1.807) is 6.21 Å². The number of furan rings is 1. The Morgan fingerprint density at radius 1 is 1.24 bits per heavy atom. The van der Waals surface area contributed by atoms with Crippen LogP contribution < -0.4 is 0 Å². The largest absolute Gasteiger partial charge is 0.506 e. The van der Waals surface area contributed by atoms with Crippen LogP contribution in [0.5, 0.6) is 5.75 Å². The lowest BCUT2D eigenvalue weighted by Gasteiger charge is -2.10. The summed E-state index contributed by atoms with van der Waals surface area (Å²) in [6, 6.07) is 8.00. The van der Waals surface area contributed by atoms with E-state index in [1.807, 2.05) is 25.1 Å². The first-order valence-corrected chi connectivity index (χ1v) is 10.2. The Labute approximate surface area is 168 Å². The maximum Gasteiger partial charge on any atom is 0.139 e. The number of hydrogen-bond acceptors (Lipinski definition) is 3. The van der Waals surface area contributed by atoms with Crippen LogP contribution in [0.2, 0.25) is 0 Å². The Balaban J connectivity index is 1.89. The van der Waals surface area contributed by atoms with Crippen LogP contribution in [-0.4, -0.2) is 11.3 Å². The van der Waals surface area contributed by atoms with Crippen molar-refractivity contribution in [2.75, 3.05) is 0 Å². The molecule has 0 spiro atoms. The van der Waals surface area contributed by atoms with Crippen molar-refractivity contribution in [2.45, 2.75) is 32.6 Å². The van der Waals surface area contributed by atoms with Gasteiger partial charge in [0.1, 0.15) is 17.1 Å². The number of benzene rings is 2. The second-order valence-corrected chi connectivity index (χ2v) is 8.49. The summed E-state index contributed by atoms with van der Waals surface area (Å²) in [4.78, 5) is 4.65. The van der Waals surface area contributed by atoms with Gasteiger partial charge in [-0.05, 0) is 94.5 Å². The number of aliphatic imine (C=N–C) groups is 1. The molecule has 0 atom stereocenters. The van der Waals surface area contributed by atoms with Gasteiger partial charge in [-0.2, -0.15) is 0 Å². The molecule has 25 heavy (non-hydrogen) atoms. The van der Waals surface area contributed by atoms with Crippen molar-refractivity contribution in [1.82, 2.24) is 0 Å².